The van der Waals surface area contributed by atoms with Crippen molar-refractivity contribution in [1.82, 2.24) is 19.1 Å². The van der Waals surface area contributed by atoms with E-state index in [1.165, 1.54) is 160 Å². The molecule has 5 heteroatoms. The third-order valence-corrected chi connectivity index (χ3v) is 21.2. The standard InChI is InChI=1S/C90H99BN4/c1-83(2,3)59-35-54(36-60(47-59)84(4,5)6)52-25-31-74-69(43-52)78-67(56-39-63(87(13,14)15)49-64(40-56)88(16,17)18)27-29-71-81(78)94(74)76-45-58(73-33-34-92-51-93-73)46-77-80(76)91(71)72-30-28-68(57-41-65(89(19,20)21)50-66(42-57)90(22,23)24)79-70-44-53(26-32-75(70)95(77)82(72)79)55-37-61(85(7,8)9)48-62(38-55)86(10,11)12/h25-51H,1-24H3. The van der Waals surface area contributed by atoms with Crippen molar-refractivity contribution in [3.8, 4) is 67.1 Å². The van der Waals surface area contributed by atoms with Crippen molar-refractivity contribution < 1.29 is 0 Å². The second kappa shape index (κ2) is 21.1. The molecule has 12 aromatic rings. The molecule has 0 fully saturated rings. The van der Waals surface area contributed by atoms with Gasteiger partial charge in [0.1, 0.15) is 6.33 Å². The highest BCUT2D eigenvalue weighted by molar-refractivity contribution is 7.00. The second-order valence-electron chi connectivity index (χ2n) is 36.6. The highest BCUT2D eigenvalue weighted by atomic mass is 15.0. The fourth-order valence-electron chi connectivity index (χ4n) is 15.1. The van der Waals surface area contributed by atoms with Gasteiger partial charge in [0.05, 0.1) is 16.7 Å². The maximum atomic E-state index is 5.07. The lowest BCUT2D eigenvalue weighted by Crippen LogP contribution is -2.59. The summed E-state index contributed by atoms with van der Waals surface area (Å²) in [6, 6.07) is 61.5. The van der Waals surface area contributed by atoms with Crippen molar-refractivity contribution in [3.63, 3.8) is 0 Å². The van der Waals surface area contributed by atoms with E-state index in [1.807, 2.05) is 6.20 Å². The largest absolute Gasteiger partial charge is 0.310 e. The van der Waals surface area contributed by atoms with Crippen LogP contribution in [0.15, 0.2) is 164 Å². The van der Waals surface area contributed by atoms with Crippen LogP contribution in [0.1, 0.15) is 211 Å². The van der Waals surface area contributed by atoms with E-state index in [1.54, 1.807) is 6.33 Å². The lowest BCUT2D eigenvalue weighted by atomic mass is 9.34. The van der Waals surface area contributed by atoms with E-state index in [9.17, 15) is 0 Å². The van der Waals surface area contributed by atoms with Crippen LogP contribution in [-0.2, 0) is 43.3 Å². The number of benzene rings is 9. The normalized spacial score (nSPS) is 13.9. The molecule has 5 heterocycles. The van der Waals surface area contributed by atoms with Crippen LogP contribution < -0.4 is 16.4 Å². The van der Waals surface area contributed by atoms with Gasteiger partial charge in [-0.2, -0.15) is 0 Å². The van der Waals surface area contributed by atoms with Crippen molar-refractivity contribution in [2.75, 3.05) is 0 Å². The van der Waals surface area contributed by atoms with Gasteiger partial charge in [0, 0.05) is 55.7 Å². The average molecular weight is 1250 g/mol. The monoisotopic (exact) mass is 1250 g/mol. The topological polar surface area (TPSA) is 35.6 Å². The van der Waals surface area contributed by atoms with Crippen LogP contribution in [0.5, 0.6) is 0 Å². The van der Waals surface area contributed by atoms with E-state index in [0.717, 1.165) is 11.3 Å². The Morgan fingerprint density at radius 3 is 0.905 bits per heavy atom. The summed E-state index contributed by atoms with van der Waals surface area (Å²) in [4.78, 5) is 9.57. The molecule has 9 aromatic carbocycles. The fraction of sp³-hybridized carbons (Fsp3) is 0.356. The number of aromatic nitrogens is 4. The van der Waals surface area contributed by atoms with Crippen molar-refractivity contribution in [2.24, 2.45) is 0 Å². The zero-order chi connectivity index (χ0) is 68.1. The number of nitrogens with zero attached hydrogens (tertiary/aromatic N) is 4. The molecular weight excluding hydrogens is 1150 g/mol. The van der Waals surface area contributed by atoms with Gasteiger partial charge in [0.25, 0.3) is 6.71 Å². The molecule has 0 aliphatic carbocycles. The molecule has 3 aromatic heterocycles. The van der Waals surface area contributed by atoms with Gasteiger partial charge in [-0.3, -0.25) is 0 Å². The quantitative estimate of drug-likeness (QED) is 0.161. The van der Waals surface area contributed by atoms with Gasteiger partial charge in [-0.05, 0) is 191 Å². The lowest BCUT2D eigenvalue weighted by molar-refractivity contribution is 0.568. The molecule has 4 nitrogen and oxygen atoms in total. The zero-order valence-electron chi connectivity index (χ0n) is 61.5. The molecule has 0 radical (unpaired) electrons. The molecular formula is C90H99BN4. The van der Waals surface area contributed by atoms with Gasteiger partial charge in [-0.25, -0.2) is 9.97 Å². The first kappa shape index (κ1) is 64.1. The first-order chi connectivity index (χ1) is 44.1. The smallest absolute Gasteiger partial charge is 0.252 e. The van der Waals surface area contributed by atoms with Crippen LogP contribution in [0.4, 0.5) is 0 Å². The van der Waals surface area contributed by atoms with Crippen LogP contribution in [0.3, 0.4) is 0 Å². The highest BCUT2D eigenvalue weighted by Gasteiger charge is 2.43. The molecule has 95 heavy (non-hydrogen) atoms. The summed E-state index contributed by atoms with van der Waals surface area (Å²) in [7, 11) is 0. The van der Waals surface area contributed by atoms with Crippen molar-refractivity contribution in [2.45, 2.75) is 209 Å². The summed E-state index contributed by atoms with van der Waals surface area (Å²) in [6.45, 7) is 56.4. The number of rotatable bonds is 5. The first-order valence-corrected chi connectivity index (χ1v) is 35.0. The predicted molar refractivity (Wildman–Crippen MR) is 412 cm³/mol. The maximum absolute atomic E-state index is 5.07. The van der Waals surface area contributed by atoms with Crippen molar-refractivity contribution in [1.29, 1.82) is 0 Å². The van der Waals surface area contributed by atoms with E-state index in [2.05, 4.69) is 332 Å². The van der Waals surface area contributed by atoms with E-state index < -0.39 is 0 Å². The Hall–Kier alpha value is -8.28. The van der Waals surface area contributed by atoms with Crippen LogP contribution in [0.2, 0.25) is 0 Å². The summed E-state index contributed by atoms with van der Waals surface area (Å²) >= 11 is 0. The molecule has 0 spiro atoms. The van der Waals surface area contributed by atoms with Crippen LogP contribution in [-0.4, -0.2) is 25.8 Å². The summed E-state index contributed by atoms with van der Waals surface area (Å²) in [5.41, 5.74) is 33.5. The van der Waals surface area contributed by atoms with Gasteiger partial charge in [-0.15, -0.1) is 0 Å². The fourth-order valence-corrected chi connectivity index (χ4v) is 15.1. The minimum absolute atomic E-state index is 0.0416. The Kier molecular flexibility index (Phi) is 14.2. The van der Waals surface area contributed by atoms with Crippen LogP contribution in [0, 0.1) is 0 Å². The summed E-state index contributed by atoms with van der Waals surface area (Å²) in [6.07, 6.45) is 3.60. The molecule has 0 saturated heterocycles. The Labute approximate surface area is 567 Å². The van der Waals surface area contributed by atoms with Crippen molar-refractivity contribution >= 4 is 66.7 Å². The van der Waals surface area contributed by atoms with Crippen LogP contribution >= 0.6 is 0 Å². The first-order valence-electron chi connectivity index (χ1n) is 35.0. The summed E-state index contributed by atoms with van der Waals surface area (Å²) in [5.74, 6) is 0. The predicted octanol–water partition coefficient (Wildman–Crippen LogP) is 22.5. The molecule has 0 atom stereocenters. The highest BCUT2D eigenvalue weighted by Crippen LogP contribution is 2.49. The molecule has 2 aliphatic rings. The number of fused-ring (bicyclic) bond motifs is 10. The van der Waals surface area contributed by atoms with Gasteiger partial charge < -0.3 is 9.13 Å². The third kappa shape index (κ3) is 10.8. The molecule has 0 unspecified atom stereocenters. The Morgan fingerprint density at radius 2 is 0.611 bits per heavy atom. The SMILES string of the molecule is CC(C)(C)c1cc(-c2ccc3c(c2)c2c(-c4cc(C(C)(C)C)cc(C(C)(C)C)c4)ccc4c2n3-c2cc(-c3ccncn3)cc3c2B4c2ccc(-c4cc(C(C)(C)C)cc(C(C)(C)C)c4)c4c5cc(-c6cc(C(C)(C)C)cc(C(C)(C)C)c6)ccc5n-3c24)cc(C(C)(C)C)c1. The molecule has 0 amide bonds. The van der Waals surface area contributed by atoms with Gasteiger partial charge in [-0.1, -0.05) is 275 Å². The van der Waals surface area contributed by atoms with E-state index >= 15 is 0 Å². The Bertz CT molecular complexity index is 4740. The number of hydrogen-bond donors (Lipinski definition) is 0. The zero-order valence-corrected chi connectivity index (χ0v) is 61.5. The van der Waals surface area contributed by atoms with E-state index in [-0.39, 0.29) is 50.0 Å². The molecule has 0 saturated carbocycles. The average Bonchev–Trinajstić information content (AvgIpc) is 1.55. The third-order valence-electron chi connectivity index (χ3n) is 21.2. The Morgan fingerprint density at radius 1 is 0.295 bits per heavy atom. The lowest BCUT2D eigenvalue weighted by Gasteiger charge is -2.34. The molecule has 0 bridgehead atoms. The minimum Gasteiger partial charge on any atom is -0.310 e. The minimum atomic E-state index is -0.118. The summed E-state index contributed by atoms with van der Waals surface area (Å²) in [5, 5.41) is 5.08. The Balaban J connectivity index is 1.16. The molecule has 0 N–H and O–H groups in total. The maximum Gasteiger partial charge on any atom is 0.252 e. The van der Waals surface area contributed by atoms with Gasteiger partial charge in [0.2, 0.25) is 0 Å². The van der Waals surface area contributed by atoms with Crippen LogP contribution in [0.25, 0.3) is 111 Å². The molecule has 2 aliphatic heterocycles. The van der Waals surface area contributed by atoms with Gasteiger partial charge in [0.15, 0.2) is 0 Å². The second-order valence-corrected chi connectivity index (χ2v) is 36.6. The van der Waals surface area contributed by atoms with Gasteiger partial charge >= 0.3 is 0 Å². The summed E-state index contributed by atoms with van der Waals surface area (Å²) < 4.78 is 5.33. The van der Waals surface area contributed by atoms with E-state index in [4.69, 9.17) is 4.98 Å². The molecule has 482 valence electrons. The van der Waals surface area contributed by atoms with Crippen molar-refractivity contribution in [3.05, 3.63) is 209 Å². The van der Waals surface area contributed by atoms with E-state index in [0.29, 0.717) is 0 Å². The number of hydrogen-bond acceptors (Lipinski definition) is 2. The molecule has 14 rings (SSSR count).